The molecule has 1 aliphatic carbocycles. The summed E-state index contributed by atoms with van der Waals surface area (Å²) < 4.78 is 0. The zero-order valence-corrected chi connectivity index (χ0v) is 12.8. The lowest BCUT2D eigenvalue weighted by Gasteiger charge is -2.26. The highest BCUT2D eigenvalue weighted by molar-refractivity contribution is 5.81. The van der Waals surface area contributed by atoms with E-state index < -0.39 is 0 Å². The first kappa shape index (κ1) is 16.7. The van der Waals surface area contributed by atoms with Crippen molar-refractivity contribution in [3.05, 3.63) is 0 Å². The molecular weight excluding hydrogens is 234 g/mol. The number of Topliss-reactive ketones (excluding diaryl/α,β-unsaturated/α-hetero) is 1. The van der Waals surface area contributed by atoms with Crippen molar-refractivity contribution >= 4 is 5.78 Å². The summed E-state index contributed by atoms with van der Waals surface area (Å²) in [5.74, 6) is 1.58. The molecule has 0 bridgehead atoms. The lowest BCUT2D eigenvalue weighted by atomic mass is 9.79. The summed E-state index contributed by atoms with van der Waals surface area (Å²) in [7, 11) is 0. The first-order valence-electron chi connectivity index (χ1n) is 8.50. The van der Waals surface area contributed by atoms with Gasteiger partial charge in [0.1, 0.15) is 5.78 Å². The van der Waals surface area contributed by atoms with E-state index >= 15 is 0 Å². The van der Waals surface area contributed by atoms with Gasteiger partial charge in [-0.15, -0.1) is 0 Å². The number of ketones is 1. The predicted molar refractivity (Wildman–Crippen MR) is 82.1 cm³/mol. The smallest absolute Gasteiger partial charge is 0.135 e. The van der Waals surface area contributed by atoms with Crippen molar-refractivity contribution in [2.75, 3.05) is 6.54 Å². The minimum Gasteiger partial charge on any atom is -0.330 e. The monoisotopic (exact) mass is 267 g/mol. The number of hydrogen-bond donors (Lipinski definition) is 1. The number of carbonyl (C=O) groups is 1. The van der Waals surface area contributed by atoms with E-state index in [4.69, 9.17) is 5.73 Å². The van der Waals surface area contributed by atoms with Gasteiger partial charge in [-0.3, -0.25) is 4.79 Å². The van der Waals surface area contributed by atoms with Gasteiger partial charge in [-0.05, 0) is 44.6 Å². The second kappa shape index (κ2) is 10.4. The molecule has 1 aliphatic rings. The third-order valence-corrected chi connectivity index (χ3v) is 4.66. The molecule has 1 rings (SSSR count). The normalized spacial score (nSPS) is 23.5. The van der Waals surface area contributed by atoms with Crippen LogP contribution in [-0.4, -0.2) is 12.3 Å². The highest BCUT2D eigenvalue weighted by atomic mass is 16.1. The van der Waals surface area contributed by atoms with Crippen molar-refractivity contribution in [2.45, 2.75) is 84.0 Å². The quantitative estimate of drug-likeness (QED) is 0.594. The first-order chi connectivity index (χ1) is 9.27. The van der Waals surface area contributed by atoms with E-state index in [0.29, 0.717) is 17.6 Å². The fourth-order valence-corrected chi connectivity index (χ4v) is 3.18. The van der Waals surface area contributed by atoms with Crippen LogP contribution in [0.4, 0.5) is 0 Å². The Morgan fingerprint density at radius 1 is 0.947 bits per heavy atom. The van der Waals surface area contributed by atoms with E-state index in [2.05, 4.69) is 6.92 Å². The maximum atomic E-state index is 12.1. The molecule has 0 unspecified atom stereocenters. The van der Waals surface area contributed by atoms with Crippen LogP contribution in [0.2, 0.25) is 0 Å². The van der Waals surface area contributed by atoms with Crippen LogP contribution in [0.15, 0.2) is 0 Å². The summed E-state index contributed by atoms with van der Waals surface area (Å²) in [6.45, 7) is 3.05. The van der Waals surface area contributed by atoms with Crippen LogP contribution in [0, 0.1) is 11.8 Å². The average molecular weight is 267 g/mol. The Morgan fingerprint density at radius 3 is 2.11 bits per heavy atom. The molecule has 0 spiro atoms. The largest absolute Gasteiger partial charge is 0.330 e. The minimum atomic E-state index is 0.364. The van der Waals surface area contributed by atoms with Gasteiger partial charge in [0.25, 0.3) is 0 Å². The Balaban J connectivity index is 1.99. The van der Waals surface area contributed by atoms with Crippen molar-refractivity contribution in [1.82, 2.24) is 0 Å². The number of hydrogen-bond acceptors (Lipinski definition) is 2. The maximum absolute atomic E-state index is 12.1. The highest BCUT2D eigenvalue weighted by Crippen LogP contribution is 2.29. The molecule has 2 N–H and O–H groups in total. The van der Waals surface area contributed by atoms with Crippen molar-refractivity contribution in [2.24, 2.45) is 17.6 Å². The van der Waals surface area contributed by atoms with Gasteiger partial charge in [-0.2, -0.15) is 0 Å². The molecule has 0 saturated heterocycles. The molecule has 0 aliphatic heterocycles. The van der Waals surface area contributed by atoms with Crippen LogP contribution in [-0.2, 0) is 4.79 Å². The summed E-state index contributed by atoms with van der Waals surface area (Å²) in [6, 6.07) is 0. The lowest BCUT2D eigenvalue weighted by molar-refractivity contribution is -0.124. The van der Waals surface area contributed by atoms with Gasteiger partial charge in [0.15, 0.2) is 0 Å². The second-order valence-electron chi connectivity index (χ2n) is 6.29. The molecule has 2 heteroatoms. The summed E-state index contributed by atoms with van der Waals surface area (Å²) >= 11 is 0. The maximum Gasteiger partial charge on any atom is 0.135 e. The van der Waals surface area contributed by atoms with Crippen LogP contribution >= 0.6 is 0 Å². The van der Waals surface area contributed by atoms with Crippen LogP contribution in [0.3, 0.4) is 0 Å². The number of rotatable bonds is 10. The van der Waals surface area contributed by atoms with Gasteiger partial charge in [-0.1, -0.05) is 45.4 Å². The fourth-order valence-electron chi connectivity index (χ4n) is 3.18. The molecule has 0 radical (unpaired) electrons. The molecule has 0 aromatic heterocycles. The fraction of sp³-hybridized carbons (Fsp3) is 0.941. The van der Waals surface area contributed by atoms with Crippen molar-refractivity contribution in [1.29, 1.82) is 0 Å². The number of carbonyl (C=O) groups excluding carboxylic acids is 1. The third kappa shape index (κ3) is 7.10. The number of unbranched alkanes of at least 4 members (excludes halogenated alkanes) is 6. The Bertz CT molecular complexity index is 231. The van der Waals surface area contributed by atoms with Crippen molar-refractivity contribution < 1.29 is 4.79 Å². The Kier molecular flexibility index (Phi) is 9.15. The van der Waals surface area contributed by atoms with E-state index in [0.717, 1.165) is 32.2 Å². The SMILES string of the molecule is CCCCCCCCCC(=O)C1CCC(CN)CC1. The van der Waals surface area contributed by atoms with Gasteiger partial charge in [-0.25, -0.2) is 0 Å². The Labute approximate surface area is 119 Å². The van der Waals surface area contributed by atoms with E-state index in [1.54, 1.807) is 0 Å². The van der Waals surface area contributed by atoms with E-state index in [-0.39, 0.29) is 0 Å². The second-order valence-corrected chi connectivity index (χ2v) is 6.29. The summed E-state index contributed by atoms with van der Waals surface area (Å²) in [5.41, 5.74) is 5.69. The van der Waals surface area contributed by atoms with Gasteiger partial charge in [0.05, 0.1) is 0 Å². The summed E-state index contributed by atoms with van der Waals surface area (Å²) in [4.78, 5) is 12.1. The molecule has 0 heterocycles. The molecule has 1 fully saturated rings. The molecule has 1 saturated carbocycles. The molecule has 0 aromatic rings. The molecule has 0 aromatic carbocycles. The van der Waals surface area contributed by atoms with Crippen molar-refractivity contribution in [3.63, 3.8) is 0 Å². The zero-order chi connectivity index (χ0) is 13.9. The summed E-state index contributed by atoms with van der Waals surface area (Å²) in [5, 5.41) is 0. The predicted octanol–water partition coefficient (Wildman–Crippen LogP) is 4.46. The first-order valence-corrected chi connectivity index (χ1v) is 8.50. The van der Waals surface area contributed by atoms with Crippen molar-refractivity contribution in [3.8, 4) is 0 Å². The molecule has 0 amide bonds. The number of nitrogens with two attached hydrogens (primary N) is 1. The standard InChI is InChI=1S/C17H33NO/c1-2-3-4-5-6-7-8-9-17(19)16-12-10-15(14-18)11-13-16/h15-16H,2-14,18H2,1H3. The molecule has 0 atom stereocenters. The lowest BCUT2D eigenvalue weighted by Crippen LogP contribution is -2.25. The Hall–Kier alpha value is -0.370. The van der Waals surface area contributed by atoms with Crippen LogP contribution < -0.4 is 5.73 Å². The average Bonchev–Trinajstić information content (AvgIpc) is 2.46. The minimum absolute atomic E-state index is 0.364. The van der Waals surface area contributed by atoms with Crippen LogP contribution in [0.5, 0.6) is 0 Å². The molecule has 19 heavy (non-hydrogen) atoms. The van der Waals surface area contributed by atoms with E-state index in [1.807, 2.05) is 0 Å². The van der Waals surface area contributed by atoms with E-state index in [1.165, 1.54) is 51.4 Å². The zero-order valence-electron chi connectivity index (χ0n) is 12.8. The van der Waals surface area contributed by atoms with Crippen LogP contribution in [0.1, 0.15) is 84.0 Å². The van der Waals surface area contributed by atoms with Gasteiger partial charge in [0.2, 0.25) is 0 Å². The van der Waals surface area contributed by atoms with Crippen LogP contribution in [0.25, 0.3) is 0 Å². The van der Waals surface area contributed by atoms with Gasteiger partial charge < -0.3 is 5.73 Å². The summed E-state index contributed by atoms with van der Waals surface area (Å²) in [6.07, 6.45) is 14.4. The molecule has 112 valence electrons. The Morgan fingerprint density at radius 2 is 1.53 bits per heavy atom. The molecular formula is C17H33NO. The highest BCUT2D eigenvalue weighted by Gasteiger charge is 2.24. The topological polar surface area (TPSA) is 43.1 Å². The van der Waals surface area contributed by atoms with E-state index in [9.17, 15) is 4.79 Å². The van der Waals surface area contributed by atoms with Gasteiger partial charge >= 0.3 is 0 Å². The molecule has 2 nitrogen and oxygen atoms in total. The van der Waals surface area contributed by atoms with Gasteiger partial charge in [0, 0.05) is 12.3 Å². The third-order valence-electron chi connectivity index (χ3n) is 4.66.